The van der Waals surface area contributed by atoms with Gasteiger partial charge in [0.2, 0.25) is 0 Å². The molecule has 6 atom stereocenters. The SMILES string of the molecule is CC[C@H]1C[C@@H]2C[C@@]3(C(=O)OC)c4[nH]c5ccc(OC)cc5c4CCN(C2CC(C)=O)[C@@H]13. The van der Waals surface area contributed by atoms with Crippen molar-refractivity contribution >= 4 is 22.7 Å². The van der Waals surface area contributed by atoms with Gasteiger partial charge in [-0.15, -0.1) is 0 Å². The van der Waals surface area contributed by atoms with Crippen LogP contribution in [0.3, 0.4) is 0 Å². The summed E-state index contributed by atoms with van der Waals surface area (Å²) in [5, 5.41) is 1.12. The molecular formula is C25H32N2O4. The van der Waals surface area contributed by atoms with Crippen molar-refractivity contribution in [2.45, 2.75) is 63.5 Å². The number of aromatic nitrogens is 1. The minimum Gasteiger partial charge on any atom is -0.497 e. The first-order valence-electron chi connectivity index (χ1n) is 11.5. The molecule has 166 valence electrons. The number of nitrogens with zero attached hydrogens (tertiary/aromatic N) is 1. The molecule has 0 radical (unpaired) electrons. The minimum atomic E-state index is -0.719. The number of rotatable bonds is 5. The molecule has 2 saturated heterocycles. The molecule has 0 amide bonds. The number of aromatic amines is 1. The molecule has 2 aromatic rings. The van der Waals surface area contributed by atoms with Gasteiger partial charge >= 0.3 is 5.97 Å². The fraction of sp³-hybridized carbons (Fsp3) is 0.600. The molecule has 6 nitrogen and oxygen atoms in total. The van der Waals surface area contributed by atoms with Gasteiger partial charge < -0.3 is 14.5 Å². The van der Waals surface area contributed by atoms with Gasteiger partial charge in [0.25, 0.3) is 0 Å². The second-order valence-electron chi connectivity index (χ2n) is 9.63. The standard InChI is InChI=1S/C25H32N2O4/c1-5-15-11-16-13-25(24(29)31-4)22-18(19-12-17(30-3)6-7-20(19)26-22)8-9-27(23(15)25)21(16)10-14(2)28/h6-7,12,15-16,21,23,26H,5,8-11,13H2,1-4H3/t15-,16+,21?,23-,25+/m0/s1. The Balaban J connectivity index is 1.75. The van der Waals surface area contributed by atoms with E-state index in [1.165, 1.54) is 12.7 Å². The second kappa shape index (κ2) is 7.37. The van der Waals surface area contributed by atoms with E-state index < -0.39 is 5.41 Å². The molecule has 3 fully saturated rings. The van der Waals surface area contributed by atoms with Crippen molar-refractivity contribution in [3.8, 4) is 5.75 Å². The minimum absolute atomic E-state index is 0.0514. The largest absolute Gasteiger partial charge is 0.497 e. The maximum absolute atomic E-state index is 13.6. The molecule has 1 N–H and O–H groups in total. The highest BCUT2D eigenvalue weighted by Crippen LogP contribution is 2.58. The van der Waals surface area contributed by atoms with Gasteiger partial charge in [0.15, 0.2) is 0 Å². The third-order valence-corrected chi connectivity index (χ3v) is 8.22. The maximum atomic E-state index is 13.6. The molecular weight excluding hydrogens is 392 g/mol. The number of fused-ring (bicyclic) bond motifs is 4. The predicted molar refractivity (Wildman–Crippen MR) is 118 cm³/mol. The lowest BCUT2D eigenvalue weighted by Crippen LogP contribution is -2.70. The van der Waals surface area contributed by atoms with Gasteiger partial charge in [0, 0.05) is 41.6 Å². The Bertz CT molecular complexity index is 1040. The molecule has 1 saturated carbocycles. The highest BCUT2D eigenvalue weighted by atomic mass is 16.5. The molecule has 1 aromatic carbocycles. The topological polar surface area (TPSA) is 71.6 Å². The number of hydrogen-bond acceptors (Lipinski definition) is 5. The number of methoxy groups -OCH3 is 2. The zero-order chi connectivity index (χ0) is 21.9. The molecule has 4 aliphatic rings. The van der Waals surface area contributed by atoms with E-state index in [0.717, 1.165) is 54.6 Å². The number of ketones is 1. The van der Waals surface area contributed by atoms with Crippen LogP contribution < -0.4 is 4.74 Å². The first-order chi connectivity index (χ1) is 14.9. The van der Waals surface area contributed by atoms with Crippen LogP contribution >= 0.6 is 0 Å². The van der Waals surface area contributed by atoms with E-state index in [0.29, 0.717) is 18.3 Å². The Hall–Kier alpha value is -2.34. The Kier molecular flexibility index (Phi) is 4.88. The number of nitrogens with one attached hydrogen (secondary N) is 1. The average Bonchev–Trinajstić information content (AvgIpc) is 3.09. The van der Waals surface area contributed by atoms with E-state index in [1.54, 1.807) is 14.0 Å². The summed E-state index contributed by atoms with van der Waals surface area (Å²) in [6, 6.07) is 6.34. The molecule has 1 aromatic heterocycles. The van der Waals surface area contributed by atoms with Crippen molar-refractivity contribution in [3.05, 3.63) is 29.5 Å². The van der Waals surface area contributed by atoms with Crippen molar-refractivity contribution in [1.29, 1.82) is 0 Å². The Morgan fingerprint density at radius 3 is 2.77 bits per heavy atom. The summed E-state index contributed by atoms with van der Waals surface area (Å²) in [5.74, 6) is 1.62. The molecule has 4 bridgehead atoms. The van der Waals surface area contributed by atoms with Crippen molar-refractivity contribution in [3.63, 3.8) is 0 Å². The van der Waals surface area contributed by atoms with Gasteiger partial charge in [-0.2, -0.15) is 0 Å². The number of esters is 1. The summed E-state index contributed by atoms with van der Waals surface area (Å²) in [6.45, 7) is 4.76. The number of carbonyl (C=O) groups excluding carboxylic acids is 2. The van der Waals surface area contributed by atoms with Gasteiger partial charge in [-0.1, -0.05) is 13.3 Å². The normalized spacial score (nSPS) is 33.6. The van der Waals surface area contributed by atoms with Crippen molar-refractivity contribution in [1.82, 2.24) is 9.88 Å². The number of carbonyl (C=O) groups is 2. The van der Waals surface area contributed by atoms with Crippen LogP contribution in [0.25, 0.3) is 10.9 Å². The molecule has 0 spiro atoms. The Morgan fingerprint density at radius 2 is 2.10 bits per heavy atom. The quantitative estimate of drug-likeness (QED) is 0.743. The molecule has 4 heterocycles. The summed E-state index contributed by atoms with van der Waals surface area (Å²) in [4.78, 5) is 31.9. The van der Waals surface area contributed by atoms with E-state index in [-0.39, 0.29) is 23.8 Å². The first kappa shape index (κ1) is 20.6. The van der Waals surface area contributed by atoms with Gasteiger partial charge in [0.1, 0.15) is 16.9 Å². The van der Waals surface area contributed by atoms with Crippen LogP contribution in [0.15, 0.2) is 18.2 Å². The van der Waals surface area contributed by atoms with Crippen LogP contribution in [-0.4, -0.2) is 54.5 Å². The molecule has 2 unspecified atom stereocenters. The second-order valence-corrected chi connectivity index (χ2v) is 9.63. The number of benzene rings is 1. The molecule has 1 aliphatic carbocycles. The summed E-state index contributed by atoms with van der Waals surface area (Å²) >= 11 is 0. The van der Waals surface area contributed by atoms with Crippen LogP contribution in [0.5, 0.6) is 5.75 Å². The maximum Gasteiger partial charge on any atom is 0.319 e. The summed E-state index contributed by atoms with van der Waals surface area (Å²) < 4.78 is 11.0. The van der Waals surface area contributed by atoms with Gasteiger partial charge in [0.05, 0.1) is 14.2 Å². The zero-order valence-corrected chi connectivity index (χ0v) is 18.9. The highest BCUT2D eigenvalue weighted by Gasteiger charge is 2.65. The fourth-order valence-electron chi connectivity index (χ4n) is 7.11. The first-order valence-corrected chi connectivity index (χ1v) is 11.5. The zero-order valence-electron chi connectivity index (χ0n) is 18.9. The molecule has 3 aliphatic heterocycles. The highest BCUT2D eigenvalue weighted by molar-refractivity contribution is 5.92. The third-order valence-electron chi connectivity index (χ3n) is 8.22. The van der Waals surface area contributed by atoms with Gasteiger partial charge in [-0.05, 0) is 61.8 Å². The predicted octanol–water partition coefficient (Wildman–Crippen LogP) is 3.61. The number of H-pyrrole nitrogens is 1. The van der Waals surface area contributed by atoms with E-state index in [2.05, 4.69) is 22.9 Å². The average molecular weight is 425 g/mol. The number of Topliss-reactive ketones (excluding diaryl/α,β-unsaturated/α-hetero) is 1. The number of piperidine rings is 2. The van der Waals surface area contributed by atoms with E-state index in [4.69, 9.17) is 9.47 Å². The lowest BCUT2D eigenvalue weighted by molar-refractivity contribution is -0.169. The van der Waals surface area contributed by atoms with E-state index >= 15 is 0 Å². The van der Waals surface area contributed by atoms with Crippen LogP contribution in [0.2, 0.25) is 0 Å². The monoisotopic (exact) mass is 424 g/mol. The van der Waals surface area contributed by atoms with Gasteiger partial charge in [-0.25, -0.2) is 0 Å². The lowest BCUT2D eigenvalue weighted by atomic mass is 9.54. The van der Waals surface area contributed by atoms with E-state index in [1.807, 2.05) is 12.1 Å². The summed E-state index contributed by atoms with van der Waals surface area (Å²) in [5.41, 5.74) is 2.55. The van der Waals surface area contributed by atoms with Crippen molar-refractivity contribution in [2.75, 3.05) is 20.8 Å². The van der Waals surface area contributed by atoms with Crippen LogP contribution in [-0.2, 0) is 26.2 Å². The third kappa shape index (κ3) is 2.80. The fourth-order valence-corrected chi connectivity index (χ4v) is 7.11. The smallest absolute Gasteiger partial charge is 0.319 e. The number of hydrogen-bond donors (Lipinski definition) is 1. The Labute approximate surface area is 183 Å². The van der Waals surface area contributed by atoms with E-state index in [9.17, 15) is 9.59 Å². The van der Waals surface area contributed by atoms with Crippen molar-refractivity contribution in [2.24, 2.45) is 11.8 Å². The summed E-state index contributed by atoms with van der Waals surface area (Å²) in [6.07, 6.45) is 4.25. The Morgan fingerprint density at radius 1 is 1.29 bits per heavy atom. The van der Waals surface area contributed by atoms with Crippen LogP contribution in [0.1, 0.15) is 50.8 Å². The number of ether oxygens (including phenoxy) is 2. The molecule has 6 rings (SSSR count). The molecule has 31 heavy (non-hydrogen) atoms. The van der Waals surface area contributed by atoms with Crippen molar-refractivity contribution < 1.29 is 19.1 Å². The molecule has 6 heteroatoms. The van der Waals surface area contributed by atoms with Crippen LogP contribution in [0.4, 0.5) is 0 Å². The van der Waals surface area contributed by atoms with Gasteiger partial charge in [-0.3, -0.25) is 14.5 Å². The summed E-state index contributed by atoms with van der Waals surface area (Å²) in [7, 11) is 3.19. The van der Waals surface area contributed by atoms with Crippen LogP contribution in [0, 0.1) is 11.8 Å². The lowest BCUT2D eigenvalue weighted by Gasteiger charge is -2.61.